The van der Waals surface area contributed by atoms with Crippen LogP contribution >= 0.6 is 0 Å². The molecule has 1 atom stereocenters. The van der Waals surface area contributed by atoms with Gasteiger partial charge in [-0.3, -0.25) is 9.59 Å². The lowest BCUT2D eigenvalue weighted by molar-refractivity contribution is -0.136. The Hall–Kier alpha value is -1.88. The second kappa shape index (κ2) is 6.52. The minimum Gasteiger partial charge on any atom is -0.355 e. The zero-order valence-electron chi connectivity index (χ0n) is 12.0. The molecule has 108 valence electrons. The summed E-state index contributed by atoms with van der Waals surface area (Å²) >= 11 is 0. The second-order valence-corrected chi connectivity index (χ2v) is 5.05. The highest BCUT2D eigenvalue weighted by Gasteiger charge is 2.26. The average molecular weight is 275 g/mol. The van der Waals surface area contributed by atoms with Gasteiger partial charge in [0.25, 0.3) is 0 Å². The standard InChI is InChI=1S/C15H21N3O2/c1-3-16-14(19)10-18(2)15(20)13-8-11-6-4-5-7-12(11)9-17-13/h4-7,13,17H,3,8-10H2,1-2H3,(H,16,19)/t13-/m0/s1. The van der Waals surface area contributed by atoms with Crippen LogP contribution in [0.1, 0.15) is 18.1 Å². The van der Waals surface area contributed by atoms with Crippen LogP contribution in [0.2, 0.25) is 0 Å². The second-order valence-electron chi connectivity index (χ2n) is 5.05. The monoisotopic (exact) mass is 275 g/mol. The van der Waals surface area contributed by atoms with Gasteiger partial charge in [-0.1, -0.05) is 24.3 Å². The molecule has 1 aliphatic rings. The molecule has 0 bridgehead atoms. The van der Waals surface area contributed by atoms with Crippen LogP contribution < -0.4 is 10.6 Å². The fourth-order valence-electron chi connectivity index (χ4n) is 2.44. The molecule has 0 spiro atoms. The summed E-state index contributed by atoms with van der Waals surface area (Å²) in [5.41, 5.74) is 2.44. The van der Waals surface area contributed by atoms with E-state index in [1.807, 2.05) is 19.1 Å². The predicted octanol–water partition coefficient (Wildman–Crippen LogP) is 0.295. The molecular weight excluding hydrogens is 254 g/mol. The maximum Gasteiger partial charge on any atom is 0.240 e. The molecular formula is C15H21N3O2. The van der Waals surface area contributed by atoms with Gasteiger partial charge >= 0.3 is 0 Å². The third-order valence-electron chi connectivity index (χ3n) is 3.51. The molecule has 1 aromatic rings. The van der Waals surface area contributed by atoms with Crippen LogP contribution in [-0.2, 0) is 22.6 Å². The molecule has 20 heavy (non-hydrogen) atoms. The minimum atomic E-state index is -0.246. The van der Waals surface area contributed by atoms with Gasteiger partial charge in [0.05, 0.1) is 12.6 Å². The number of carbonyl (C=O) groups excluding carboxylic acids is 2. The van der Waals surface area contributed by atoms with Crippen molar-refractivity contribution in [2.75, 3.05) is 20.1 Å². The number of hydrogen-bond donors (Lipinski definition) is 2. The van der Waals surface area contributed by atoms with Gasteiger partial charge in [-0.15, -0.1) is 0 Å². The first-order chi connectivity index (χ1) is 9.61. The first kappa shape index (κ1) is 14.5. The van der Waals surface area contributed by atoms with Gasteiger partial charge in [0, 0.05) is 20.1 Å². The summed E-state index contributed by atoms with van der Waals surface area (Å²) in [5.74, 6) is -0.162. The number of hydrogen-bond acceptors (Lipinski definition) is 3. The van der Waals surface area contributed by atoms with E-state index >= 15 is 0 Å². The van der Waals surface area contributed by atoms with Crippen molar-refractivity contribution in [1.29, 1.82) is 0 Å². The van der Waals surface area contributed by atoms with Crippen molar-refractivity contribution in [1.82, 2.24) is 15.5 Å². The summed E-state index contributed by atoms with van der Waals surface area (Å²) < 4.78 is 0. The molecule has 0 radical (unpaired) electrons. The maximum atomic E-state index is 12.3. The lowest BCUT2D eigenvalue weighted by Crippen LogP contribution is -2.50. The minimum absolute atomic E-state index is 0.0363. The molecule has 1 aliphatic heterocycles. The largest absolute Gasteiger partial charge is 0.355 e. The van der Waals surface area contributed by atoms with Crippen LogP contribution in [-0.4, -0.2) is 42.9 Å². The van der Waals surface area contributed by atoms with E-state index in [0.717, 1.165) is 0 Å². The number of fused-ring (bicyclic) bond motifs is 1. The number of nitrogens with one attached hydrogen (secondary N) is 2. The Bertz CT molecular complexity index is 502. The Kier molecular flexibility index (Phi) is 4.74. The average Bonchev–Trinajstić information content (AvgIpc) is 2.46. The van der Waals surface area contributed by atoms with Gasteiger partial charge in [0.1, 0.15) is 0 Å². The Morgan fingerprint density at radius 1 is 1.35 bits per heavy atom. The molecule has 0 fully saturated rings. The summed E-state index contributed by atoms with van der Waals surface area (Å²) in [6.45, 7) is 3.24. The maximum absolute atomic E-state index is 12.3. The summed E-state index contributed by atoms with van der Waals surface area (Å²) in [5, 5.41) is 5.93. The lowest BCUT2D eigenvalue weighted by atomic mass is 9.95. The topological polar surface area (TPSA) is 61.4 Å². The van der Waals surface area contributed by atoms with E-state index in [4.69, 9.17) is 0 Å². The molecule has 0 unspecified atom stereocenters. The summed E-state index contributed by atoms with van der Waals surface area (Å²) in [4.78, 5) is 25.3. The van der Waals surface area contributed by atoms with Crippen molar-refractivity contribution in [2.24, 2.45) is 0 Å². The van der Waals surface area contributed by atoms with E-state index in [1.54, 1.807) is 7.05 Å². The molecule has 5 heteroatoms. The van der Waals surface area contributed by atoms with Crippen LogP contribution in [0, 0.1) is 0 Å². The first-order valence-corrected chi connectivity index (χ1v) is 6.93. The molecule has 0 saturated heterocycles. The van der Waals surface area contributed by atoms with E-state index in [0.29, 0.717) is 19.5 Å². The molecule has 1 heterocycles. The van der Waals surface area contributed by atoms with Crippen LogP contribution in [0.3, 0.4) is 0 Å². The van der Waals surface area contributed by atoms with Crippen LogP contribution in [0.4, 0.5) is 0 Å². The molecule has 0 aliphatic carbocycles. The molecule has 0 aromatic heterocycles. The van der Waals surface area contributed by atoms with Crippen LogP contribution in [0.15, 0.2) is 24.3 Å². The van der Waals surface area contributed by atoms with E-state index in [1.165, 1.54) is 16.0 Å². The number of nitrogens with zero attached hydrogens (tertiary/aromatic N) is 1. The van der Waals surface area contributed by atoms with Crippen molar-refractivity contribution in [2.45, 2.75) is 25.9 Å². The van der Waals surface area contributed by atoms with Crippen molar-refractivity contribution >= 4 is 11.8 Å². The van der Waals surface area contributed by atoms with Gasteiger partial charge in [0.15, 0.2) is 0 Å². The van der Waals surface area contributed by atoms with E-state index in [9.17, 15) is 9.59 Å². The molecule has 1 aromatic carbocycles. The number of carbonyl (C=O) groups is 2. The highest BCUT2D eigenvalue weighted by atomic mass is 16.2. The fourth-order valence-corrected chi connectivity index (χ4v) is 2.44. The molecule has 5 nitrogen and oxygen atoms in total. The number of likely N-dealkylation sites (N-methyl/N-ethyl adjacent to an activating group) is 2. The van der Waals surface area contributed by atoms with Crippen molar-refractivity contribution in [3.8, 4) is 0 Å². The quantitative estimate of drug-likeness (QED) is 0.830. The third-order valence-corrected chi connectivity index (χ3v) is 3.51. The van der Waals surface area contributed by atoms with Gasteiger partial charge in [-0.25, -0.2) is 0 Å². The zero-order valence-corrected chi connectivity index (χ0v) is 12.0. The molecule has 2 rings (SSSR count). The SMILES string of the molecule is CCNC(=O)CN(C)C(=O)[C@@H]1Cc2ccccc2CN1. The van der Waals surface area contributed by atoms with Crippen molar-refractivity contribution in [3.63, 3.8) is 0 Å². The molecule has 0 saturated carbocycles. The third kappa shape index (κ3) is 3.36. The predicted molar refractivity (Wildman–Crippen MR) is 77.1 cm³/mol. The Morgan fingerprint density at radius 2 is 2.05 bits per heavy atom. The molecule has 2 amide bonds. The van der Waals surface area contributed by atoms with Gasteiger partial charge < -0.3 is 15.5 Å². The van der Waals surface area contributed by atoms with Crippen molar-refractivity contribution in [3.05, 3.63) is 35.4 Å². The van der Waals surface area contributed by atoms with E-state index < -0.39 is 0 Å². The number of amides is 2. The van der Waals surface area contributed by atoms with Gasteiger partial charge in [-0.2, -0.15) is 0 Å². The molecule has 2 N–H and O–H groups in total. The van der Waals surface area contributed by atoms with Crippen LogP contribution in [0.25, 0.3) is 0 Å². The highest BCUT2D eigenvalue weighted by Crippen LogP contribution is 2.17. The zero-order chi connectivity index (χ0) is 14.5. The van der Waals surface area contributed by atoms with Gasteiger partial charge in [0.2, 0.25) is 11.8 Å². The van der Waals surface area contributed by atoms with Crippen LogP contribution in [0.5, 0.6) is 0 Å². The Balaban J connectivity index is 1.95. The van der Waals surface area contributed by atoms with E-state index in [2.05, 4.69) is 22.8 Å². The number of rotatable bonds is 4. The number of benzene rings is 1. The summed E-state index contributed by atoms with van der Waals surface area (Å²) in [6.07, 6.45) is 0.675. The summed E-state index contributed by atoms with van der Waals surface area (Å²) in [7, 11) is 1.67. The smallest absolute Gasteiger partial charge is 0.240 e. The Labute approximate surface area is 119 Å². The highest BCUT2D eigenvalue weighted by molar-refractivity contribution is 5.87. The summed E-state index contributed by atoms with van der Waals surface area (Å²) in [6, 6.07) is 7.87. The first-order valence-electron chi connectivity index (χ1n) is 6.93. The lowest BCUT2D eigenvalue weighted by Gasteiger charge is -2.28. The van der Waals surface area contributed by atoms with Gasteiger partial charge in [-0.05, 0) is 24.5 Å². The Morgan fingerprint density at radius 3 is 2.75 bits per heavy atom. The fraction of sp³-hybridized carbons (Fsp3) is 0.467. The van der Waals surface area contributed by atoms with Crippen molar-refractivity contribution < 1.29 is 9.59 Å². The van der Waals surface area contributed by atoms with E-state index in [-0.39, 0.29) is 24.4 Å². The normalized spacial score (nSPS) is 17.2.